The minimum atomic E-state index is -0.614. The molecule has 2 amide bonds. The summed E-state index contributed by atoms with van der Waals surface area (Å²) < 4.78 is 13.1. The van der Waals surface area contributed by atoms with E-state index in [1.165, 1.54) is 12.1 Å². The third-order valence-electron chi connectivity index (χ3n) is 5.64. The van der Waals surface area contributed by atoms with E-state index in [9.17, 15) is 14.0 Å². The number of benzene rings is 2. The molecule has 178 valence electrons. The van der Waals surface area contributed by atoms with Gasteiger partial charge in [-0.25, -0.2) is 4.39 Å². The molecule has 2 aromatic rings. The number of rotatable bonds is 10. The van der Waals surface area contributed by atoms with Gasteiger partial charge in [0, 0.05) is 45.0 Å². The zero-order valence-electron chi connectivity index (χ0n) is 18.7. The van der Waals surface area contributed by atoms with Crippen molar-refractivity contribution >= 4 is 40.9 Å². The van der Waals surface area contributed by atoms with Gasteiger partial charge in [-0.3, -0.25) is 14.5 Å². The van der Waals surface area contributed by atoms with E-state index in [2.05, 4.69) is 20.4 Å². The minimum absolute atomic E-state index is 0.186. The Morgan fingerprint density at radius 2 is 1.79 bits per heavy atom. The number of amides is 2. The summed E-state index contributed by atoms with van der Waals surface area (Å²) in [5.74, 6) is -0.00753. The predicted octanol–water partition coefficient (Wildman–Crippen LogP) is 3.27. The first-order valence-electron chi connectivity index (χ1n) is 11.0. The van der Waals surface area contributed by atoms with E-state index >= 15 is 0 Å². The lowest BCUT2D eigenvalue weighted by Crippen LogP contribution is -2.51. The summed E-state index contributed by atoms with van der Waals surface area (Å²) in [5, 5.41) is 6.16. The van der Waals surface area contributed by atoms with E-state index < -0.39 is 6.04 Å². The molecule has 0 radical (unpaired) electrons. The summed E-state index contributed by atoms with van der Waals surface area (Å²) in [5.41, 5.74) is 1.38. The van der Waals surface area contributed by atoms with Crippen LogP contribution in [-0.4, -0.2) is 74.0 Å². The van der Waals surface area contributed by atoms with Crippen molar-refractivity contribution in [2.75, 3.05) is 56.2 Å². The number of nitrogens with zero attached hydrogens (tertiary/aromatic N) is 2. The van der Waals surface area contributed by atoms with Crippen molar-refractivity contribution in [3.8, 4) is 0 Å². The van der Waals surface area contributed by atoms with Gasteiger partial charge in [0.05, 0.1) is 10.6 Å². The van der Waals surface area contributed by atoms with Crippen LogP contribution in [0.2, 0.25) is 5.02 Å². The number of piperazine rings is 1. The molecule has 2 aromatic carbocycles. The van der Waals surface area contributed by atoms with Crippen LogP contribution in [0.15, 0.2) is 48.5 Å². The van der Waals surface area contributed by atoms with Gasteiger partial charge in [-0.05, 0) is 54.8 Å². The Kier molecular flexibility index (Phi) is 9.84. The van der Waals surface area contributed by atoms with Gasteiger partial charge in [0.25, 0.3) is 5.91 Å². The van der Waals surface area contributed by atoms with Gasteiger partial charge < -0.3 is 15.5 Å². The second-order valence-corrected chi connectivity index (χ2v) is 9.28. The van der Waals surface area contributed by atoms with E-state index in [0.29, 0.717) is 23.6 Å². The second-order valence-electron chi connectivity index (χ2n) is 7.88. The normalized spacial score (nSPS) is 15.2. The zero-order valence-corrected chi connectivity index (χ0v) is 20.3. The van der Waals surface area contributed by atoms with Gasteiger partial charge in [0.15, 0.2) is 0 Å². The van der Waals surface area contributed by atoms with Crippen LogP contribution in [0.5, 0.6) is 0 Å². The Morgan fingerprint density at radius 3 is 2.45 bits per heavy atom. The Balaban J connectivity index is 1.44. The molecule has 1 atom stereocenters. The van der Waals surface area contributed by atoms with Crippen molar-refractivity contribution in [1.29, 1.82) is 0 Å². The van der Waals surface area contributed by atoms with Gasteiger partial charge >= 0.3 is 0 Å². The van der Waals surface area contributed by atoms with E-state index in [4.69, 9.17) is 11.6 Å². The van der Waals surface area contributed by atoms with Crippen molar-refractivity contribution in [3.05, 3.63) is 64.9 Å². The molecule has 0 spiro atoms. The van der Waals surface area contributed by atoms with E-state index in [1.807, 2.05) is 6.26 Å². The Morgan fingerprint density at radius 1 is 1.09 bits per heavy atom. The number of hydrogen-bond donors (Lipinski definition) is 2. The molecule has 1 fully saturated rings. The molecule has 0 saturated carbocycles. The van der Waals surface area contributed by atoms with Crippen molar-refractivity contribution in [3.63, 3.8) is 0 Å². The predicted molar refractivity (Wildman–Crippen MR) is 134 cm³/mol. The maximum absolute atomic E-state index is 13.1. The highest BCUT2D eigenvalue weighted by Crippen LogP contribution is 2.17. The van der Waals surface area contributed by atoms with Gasteiger partial charge in [-0.15, -0.1) is 0 Å². The molecule has 0 aromatic heterocycles. The lowest BCUT2D eigenvalue weighted by Gasteiger charge is -2.36. The topological polar surface area (TPSA) is 64.7 Å². The average molecular weight is 493 g/mol. The molecule has 1 aliphatic heterocycles. The summed E-state index contributed by atoms with van der Waals surface area (Å²) >= 11 is 7.75. The van der Waals surface area contributed by atoms with Gasteiger partial charge in [-0.1, -0.05) is 23.7 Å². The van der Waals surface area contributed by atoms with Crippen LogP contribution in [0.1, 0.15) is 16.8 Å². The summed E-state index contributed by atoms with van der Waals surface area (Å²) in [6, 6.07) is 12.8. The summed E-state index contributed by atoms with van der Waals surface area (Å²) in [6.45, 7) is 4.68. The smallest absolute Gasteiger partial charge is 0.253 e. The van der Waals surface area contributed by atoms with Crippen molar-refractivity contribution < 1.29 is 14.0 Å². The first-order chi connectivity index (χ1) is 16.0. The molecule has 1 aliphatic rings. The number of anilines is 1. The summed E-state index contributed by atoms with van der Waals surface area (Å²) in [6.07, 6.45) is 2.51. The largest absolute Gasteiger partial charge is 0.369 e. The highest BCUT2D eigenvalue weighted by Gasteiger charge is 2.23. The standard InChI is InChI=1S/C24H30ClFN4O2S/c1-33-17-10-22(28-23(31)20-4-2-3-5-21(20)25)24(32)27-11-12-29-13-15-30(16-14-29)19-8-6-18(26)7-9-19/h2-9,22H,10-17H2,1H3,(H,27,32)(H,28,31). The van der Waals surface area contributed by atoms with Crippen LogP contribution in [0, 0.1) is 5.82 Å². The van der Waals surface area contributed by atoms with Crippen LogP contribution >= 0.6 is 23.4 Å². The average Bonchev–Trinajstić information content (AvgIpc) is 2.83. The van der Waals surface area contributed by atoms with Crippen LogP contribution in [0.3, 0.4) is 0 Å². The number of hydrogen-bond acceptors (Lipinski definition) is 5. The van der Waals surface area contributed by atoms with Gasteiger partial charge in [0.2, 0.25) is 5.91 Å². The number of halogens is 2. The molecule has 1 saturated heterocycles. The van der Waals surface area contributed by atoms with Gasteiger partial charge in [-0.2, -0.15) is 11.8 Å². The Labute approximate surface area is 203 Å². The molecule has 0 aliphatic carbocycles. The maximum atomic E-state index is 13.1. The SMILES string of the molecule is CSCCC(NC(=O)c1ccccc1Cl)C(=O)NCCN1CCN(c2ccc(F)cc2)CC1. The van der Waals surface area contributed by atoms with Crippen molar-refractivity contribution in [2.45, 2.75) is 12.5 Å². The number of carbonyl (C=O) groups is 2. The second kappa shape index (κ2) is 12.8. The molecule has 0 bridgehead atoms. The summed E-state index contributed by atoms with van der Waals surface area (Å²) in [4.78, 5) is 29.9. The minimum Gasteiger partial charge on any atom is -0.369 e. The van der Waals surface area contributed by atoms with Crippen molar-refractivity contribution in [2.24, 2.45) is 0 Å². The van der Waals surface area contributed by atoms with Crippen LogP contribution in [0.4, 0.5) is 10.1 Å². The Hall–Kier alpha value is -2.29. The monoisotopic (exact) mass is 492 g/mol. The van der Waals surface area contributed by atoms with Gasteiger partial charge in [0.1, 0.15) is 11.9 Å². The zero-order chi connectivity index (χ0) is 23.6. The fraction of sp³-hybridized carbons (Fsp3) is 0.417. The first kappa shape index (κ1) is 25.3. The maximum Gasteiger partial charge on any atom is 0.253 e. The lowest BCUT2D eigenvalue weighted by atomic mass is 10.1. The third-order valence-corrected chi connectivity index (χ3v) is 6.62. The molecule has 2 N–H and O–H groups in total. The third kappa shape index (κ3) is 7.62. The molecule has 1 unspecified atom stereocenters. The van der Waals surface area contributed by atoms with Crippen LogP contribution < -0.4 is 15.5 Å². The molecule has 6 nitrogen and oxygen atoms in total. The molecular formula is C24H30ClFN4O2S. The highest BCUT2D eigenvalue weighted by atomic mass is 35.5. The van der Waals surface area contributed by atoms with E-state index in [-0.39, 0.29) is 17.6 Å². The Bertz CT molecular complexity index is 923. The van der Waals surface area contributed by atoms with Crippen molar-refractivity contribution in [1.82, 2.24) is 15.5 Å². The number of carbonyl (C=O) groups excluding carboxylic acids is 2. The first-order valence-corrected chi connectivity index (χ1v) is 12.8. The molecule has 33 heavy (non-hydrogen) atoms. The molecule has 9 heteroatoms. The fourth-order valence-corrected chi connectivity index (χ4v) is 4.42. The van der Waals surface area contributed by atoms with E-state index in [0.717, 1.165) is 44.2 Å². The fourth-order valence-electron chi connectivity index (χ4n) is 3.73. The van der Waals surface area contributed by atoms with E-state index in [1.54, 1.807) is 48.2 Å². The summed E-state index contributed by atoms with van der Waals surface area (Å²) in [7, 11) is 0. The molecular weight excluding hydrogens is 463 g/mol. The number of thioether (sulfide) groups is 1. The number of nitrogens with one attached hydrogen (secondary N) is 2. The van der Waals surface area contributed by atoms with Crippen LogP contribution in [0.25, 0.3) is 0 Å². The highest BCUT2D eigenvalue weighted by molar-refractivity contribution is 7.98. The lowest BCUT2D eigenvalue weighted by molar-refractivity contribution is -0.123. The van der Waals surface area contributed by atoms with Crippen LogP contribution in [-0.2, 0) is 4.79 Å². The molecule has 1 heterocycles. The quantitative estimate of drug-likeness (QED) is 0.533. The molecule has 3 rings (SSSR count).